The first-order valence-corrected chi connectivity index (χ1v) is 15.1. The van der Waals surface area contributed by atoms with Gasteiger partial charge in [-0.2, -0.15) is 0 Å². The van der Waals surface area contributed by atoms with Crippen LogP contribution in [0, 0.1) is 0 Å². The van der Waals surface area contributed by atoms with E-state index in [1.54, 1.807) is 12.4 Å². The molecule has 202 valence electrons. The van der Waals surface area contributed by atoms with E-state index in [9.17, 15) is 0 Å². The first-order chi connectivity index (χ1) is 21.3. The van der Waals surface area contributed by atoms with Crippen LogP contribution in [0.3, 0.4) is 0 Å². The van der Waals surface area contributed by atoms with Crippen LogP contribution in [0.15, 0.2) is 152 Å². The third-order valence-electron chi connectivity index (χ3n) is 7.78. The second kappa shape index (κ2) is 10.8. The van der Waals surface area contributed by atoms with E-state index in [1.807, 2.05) is 41.7 Å². The molecule has 0 aliphatic heterocycles. The molecule has 3 aromatic heterocycles. The van der Waals surface area contributed by atoms with Gasteiger partial charge in [-0.25, -0.2) is 9.97 Å². The van der Waals surface area contributed by atoms with E-state index in [1.165, 1.54) is 31.3 Å². The van der Waals surface area contributed by atoms with Crippen LogP contribution >= 0.6 is 11.3 Å². The molecule has 0 unspecified atom stereocenters. The lowest BCUT2D eigenvalue weighted by molar-refractivity contribution is 1.18. The second-order valence-electron chi connectivity index (χ2n) is 10.5. The maximum atomic E-state index is 5.11. The molecule has 0 aliphatic rings. The molecule has 4 heteroatoms. The van der Waals surface area contributed by atoms with Gasteiger partial charge in [-0.05, 0) is 70.8 Å². The Bertz CT molecular complexity index is 2170. The Hall–Kier alpha value is -5.45. The second-order valence-corrected chi connectivity index (χ2v) is 11.6. The molecule has 0 saturated heterocycles. The largest absolute Gasteiger partial charge is 0.265 e. The minimum atomic E-state index is 0.678. The van der Waals surface area contributed by atoms with Crippen LogP contribution < -0.4 is 0 Å². The quantitative estimate of drug-likeness (QED) is 0.208. The van der Waals surface area contributed by atoms with E-state index in [2.05, 4.69) is 114 Å². The van der Waals surface area contributed by atoms with Crippen molar-refractivity contribution in [1.29, 1.82) is 0 Å². The van der Waals surface area contributed by atoms with E-state index in [-0.39, 0.29) is 0 Å². The highest BCUT2D eigenvalue weighted by Gasteiger charge is 2.14. The minimum Gasteiger partial charge on any atom is -0.265 e. The maximum Gasteiger partial charge on any atom is 0.160 e. The fraction of sp³-hybridized carbons (Fsp3) is 0. The summed E-state index contributed by atoms with van der Waals surface area (Å²) in [5.74, 6) is 0.678. The molecule has 8 rings (SSSR count). The zero-order chi connectivity index (χ0) is 28.6. The van der Waals surface area contributed by atoms with Crippen LogP contribution in [0.4, 0.5) is 0 Å². The number of benzene rings is 5. The van der Waals surface area contributed by atoms with Gasteiger partial charge in [0.25, 0.3) is 0 Å². The van der Waals surface area contributed by atoms with Gasteiger partial charge in [-0.15, -0.1) is 11.3 Å². The molecular weight excluding hydrogens is 543 g/mol. The summed E-state index contributed by atoms with van der Waals surface area (Å²) in [6.07, 6.45) is 3.57. The molecule has 5 aromatic carbocycles. The first-order valence-electron chi connectivity index (χ1n) is 14.3. The molecule has 0 N–H and O–H groups in total. The van der Waals surface area contributed by atoms with Crippen molar-refractivity contribution in [2.24, 2.45) is 0 Å². The zero-order valence-corrected chi connectivity index (χ0v) is 24.0. The van der Waals surface area contributed by atoms with Crippen molar-refractivity contribution in [2.75, 3.05) is 0 Å². The Morgan fingerprint density at radius 2 is 0.977 bits per heavy atom. The highest BCUT2D eigenvalue weighted by Crippen LogP contribution is 2.39. The number of rotatable bonds is 5. The molecule has 43 heavy (non-hydrogen) atoms. The summed E-state index contributed by atoms with van der Waals surface area (Å²) in [6, 6.07) is 49.1. The number of thiophene rings is 1. The third kappa shape index (κ3) is 4.88. The number of aromatic nitrogens is 3. The number of pyridine rings is 1. The lowest BCUT2D eigenvalue weighted by Gasteiger charge is -2.13. The summed E-state index contributed by atoms with van der Waals surface area (Å²) in [5, 5.41) is 2.61. The summed E-state index contributed by atoms with van der Waals surface area (Å²) in [4.78, 5) is 14.3. The van der Waals surface area contributed by atoms with Gasteiger partial charge in [0.2, 0.25) is 0 Å². The number of nitrogens with zero attached hydrogens (tertiary/aromatic N) is 3. The van der Waals surface area contributed by atoms with E-state index in [0.29, 0.717) is 5.82 Å². The van der Waals surface area contributed by atoms with Gasteiger partial charge < -0.3 is 0 Å². The van der Waals surface area contributed by atoms with Crippen molar-refractivity contribution < 1.29 is 0 Å². The van der Waals surface area contributed by atoms with Gasteiger partial charge >= 0.3 is 0 Å². The monoisotopic (exact) mass is 567 g/mol. The normalized spacial score (nSPS) is 11.3. The van der Waals surface area contributed by atoms with E-state index < -0.39 is 0 Å². The SMILES string of the molecule is c1ccc(-c2cc(-c3ccc4c(c3)sc3ccccc34)cc(-c3cc(-c4ccccc4)nc(-c4ccncc4)n3)c2)cc1. The Morgan fingerprint density at radius 3 is 1.74 bits per heavy atom. The predicted octanol–water partition coefficient (Wildman–Crippen LogP) is 10.6. The minimum absolute atomic E-state index is 0.678. The standard InChI is InChI=1S/C39H25N3S/c1-3-9-26(10-4-1)30-21-31(29-15-16-34-33-13-7-8-14-37(33)43-38(34)24-29)23-32(22-30)36-25-35(27-11-5-2-6-12-27)41-39(42-36)28-17-19-40-20-18-28/h1-25H. The summed E-state index contributed by atoms with van der Waals surface area (Å²) in [7, 11) is 0. The smallest absolute Gasteiger partial charge is 0.160 e. The molecule has 0 aliphatic carbocycles. The summed E-state index contributed by atoms with van der Waals surface area (Å²) < 4.78 is 2.60. The molecule has 0 radical (unpaired) electrons. The van der Waals surface area contributed by atoms with Crippen molar-refractivity contribution in [3.05, 3.63) is 152 Å². The maximum absolute atomic E-state index is 5.11. The van der Waals surface area contributed by atoms with Crippen molar-refractivity contribution in [2.45, 2.75) is 0 Å². The predicted molar refractivity (Wildman–Crippen MR) is 180 cm³/mol. The molecule has 3 heterocycles. The fourth-order valence-electron chi connectivity index (χ4n) is 5.63. The highest BCUT2D eigenvalue weighted by atomic mass is 32.1. The highest BCUT2D eigenvalue weighted by molar-refractivity contribution is 7.25. The zero-order valence-electron chi connectivity index (χ0n) is 23.2. The molecule has 3 nitrogen and oxygen atoms in total. The molecule has 0 atom stereocenters. The topological polar surface area (TPSA) is 38.7 Å². The average Bonchev–Trinajstić information content (AvgIpc) is 3.47. The van der Waals surface area contributed by atoms with E-state index in [0.717, 1.165) is 39.2 Å². The van der Waals surface area contributed by atoms with Crippen molar-refractivity contribution >= 4 is 31.5 Å². The van der Waals surface area contributed by atoms with Crippen molar-refractivity contribution in [3.63, 3.8) is 0 Å². The number of hydrogen-bond donors (Lipinski definition) is 0. The fourth-order valence-corrected chi connectivity index (χ4v) is 6.77. The number of hydrogen-bond acceptors (Lipinski definition) is 4. The van der Waals surface area contributed by atoms with Crippen molar-refractivity contribution in [1.82, 2.24) is 15.0 Å². The van der Waals surface area contributed by atoms with Crippen LogP contribution in [0.25, 0.3) is 76.3 Å². The van der Waals surface area contributed by atoms with Gasteiger partial charge in [-0.1, -0.05) is 91.0 Å². The summed E-state index contributed by atoms with van der Waals surface area (Å²) in [6.45, 7) is 0. The molecule has 0 spiro atoms. The summed E-state index contributed by atoms with van der Waals surface area (Å²) in [5.41, 5.74) is 9.45. The van der Waals surface area contributed by atoms with Crippen LogP contribution in [0.2, 0.25) is 0 Å². The Morgan fingerprint density at radius 1 is 0.372 bits per heavy atom. The molecule has 0 fully saturated rings. The Labute approximate surface area is 253 Å². The Balaban J connectivity index is 1.34. The molecule has 0 amide bonds. The lowest BCUT2D eigenvalue weighted by atomic mass is 9.94. The van der Waals surface area contributed by atoms with Gasteiger partial charge in [-0.3, -0.25) is 4.98 Å². The van der Waals surface area contributed by atoms with Crippen LogP contribution in [0.5, 0.6) is 0 Å². The lowest BCUT2D eigenvalue weighted by Crippen LogP contribution is -1.96. The number of fused-ring (bicyclic) bond motifs is 3. The van der Waals surface area contributed by atoms with E-state index in [4.69, 9.17) is 9.97 Å². The van der Waals surface area contributed by atoms with Gasteiger partial charge in [0, 0.05) is 49.3 Å². The third-order valence-corrected chi connectivity index (χ3v) is 8.92. The van der Waals surface area contributed by atoms with Crippen LogP contribution in [-0.4, -0.2) is 15.0 Å². The van der Waals surface area contributed by atoms with Gasteiger partial charge in [0.15, 0.2) is 5.82 Å². The molecule has 8 aromatic rings. The molecular formula is C39H25N3S. The molecule has 0 bridgehead atoms. The molecule has 0 saturated carbocycles. The van der Waals surface area contributed by atoms with Crippen molar-refractivity contribution in [3.8, 4) is 56.2 Å². The van der Waals surface area contributed by atoms with Crippen LogP contribution in [0.1, 0.15) is 0 Å². The average molecular weight is 568 g/mol. The van der Waals surface area contributed by atoms with Gasteiger partial charge in [0.05, 0.1) is 11.4 Å². The van der Waals surface area contributed by atoms with Gasteiger partial charge in [0.1, 0.15) is 0 Å². The summed E-state index contributed by atoms with van der Waals surface area (Å²) >= 11 is 1.85. The van der Waals surface area contributed by atoms with E-state index >= 15 is 0 Å². The Kier molecular flexibility index (Phi) is 6.32. The van der Waals surface area contributed by atoms with Crippen LogP contribution in [-0.2, 0) is 0 Å². The first kappa shape index (κ1) is 25.3.